The van der Waals surface area contributed by atoms with Gasteiger partial charge in [-0.05, 0) is 41.8 Å². The molecule has 1 unspecified atom stereocenters. The number of ether oxygens (including phenoxy) is 1. The molecule has 0 saturated carbocycles. The van der Waals surface area contributed by atoms with E-state index in [-0.39, 0.29) is 17.0 Å². The number of aliphatic hydroxyl groups is 1. The third-order valence-corrected chi connectivity index (χ3v) is 5.48. The molecule has 2 aromatic rings. The van der Waals surface area contributed by atoms with Gasteiger partial charge >= 0.3 is 0 Å². The van der Waals surface area contributed by atoms with Crippen LogP contribution in [0.1, 0.15) is 23.6 Å². The van der Waals surface area contributed by atoms with Gasteiger partial charge in [-0.25, -0.2) is 4.39 Å². The number of halogens is 2. The molecule has 4 nitrogen and oxygen atoms in total. The van der Waals surface area contributed by atoms with E-state index in [2.05, 4.69) is 0 Å². The number of β-amino-alcohol motifs (C(OH)–C–C–N with tert-alkyl or cyclic N) is 1. The van der Waals surface area contributed by atoms with Crippen LogP contribution in [0.2, 0.25) is 5.02 Å². The maximum atomic E-state index is 13.7. The van der Waals surface area contributed by atoms with Crippen molar-refractivity contribution >= 4 is 17.5 Å². The fourth-order valence-electron chi connectivity index (χ4n) is 3.81. The molecule has 1 atom stereocenters. The molecule has 1 N–H and O–H groups in total. The lowest BCUT2D eigenvalue weighted by atomic mass is 9.91. The van der Waals surface area contributed by atoms with E-state index in [0.717, 1.165) is 22.4 Å². The largest absolute Gasteiger partial charge is 0.487 e. The molecule has 0 radical (unpaired) electrons. The van der Waals surface area contributed by atoms with Crippen molar-refractivity contribution in [2.75, 3.05) is 13.1 Å². The first-order chi connectivity index (χ1) is 12.8. The van der Waals surface area contributed by atoms with Crippen molar-refractivity contribution in [3.05, 3.63) is 63.9 Å². The van der Waals surface area contributed by atoms with E-state index < -0.39 is 11.4 Å². The van der Waals surface area contributed by atoms with E-state index >= 15 is 0 Å². The second-order valence-corrected chi connectivity index (χ2v) is 8.13. The van der Waals surface area contributed by atoms with Crippen molar-refractivity contribution in [2.24, 2.45) is 0 Å². The number of carbonyl (C=O) groups is 1. The van der Waals surface area contributed by atoms with Gasteiger partial charge in [0.2, 0.25) is 5.91 Å². The average Bonchev–Trinajstić information content (AvgIpc) is 2.90. The minimum absolute atomic E-state index is 0.0265. The number of nitrogens with zero attached hydrogens (tertiary/aromatic N) is 1. The van der Waals surface area contributed by atoms with Crippen LogP contribution in [-0.4, -0.2) is 40.7 Å². The van der Waals surface area contributed by atoms with Crippen molar-refractivity contribution in [3.8, 4) is 5.75 Å². The van der Waals surface area contributed by atoms with Crippen LogP contribution in [0, 0.1) is 5.82 Å². The molecule has 2 heterocycles. The van der Waals surface area contributed by atoms with E-state index in [4.69, 9.17) is 16.3 Å². The Balaban J connectivity index is 1.44. The highest BCUT2D eigenvalue weighted by Gasteiger charge is 2.35. The van der Waals surface area contributed by atoms with Crippen LogP contribution in [0.4, 0.5) is 4.39 Å². The van der Waals surface area contributed by atoms with Crippen LogP contribution in [0.5, 0.6) is 5.75 Å². The summed E-state index contributed by atoms with van der Waals surface area (Å²) in [7, 11) is 0. The Morgan fingerprint density at radius 1 is 1.30 bits per heavy atom. The highest BCUT2D eigenvalue weighted by atomic mass is 35.5. The third kappa shape index (κ3) is 3.80. The summed E-state index contributed by atoms with van der Waals surface area (Å²) >= 11 is 5.76. The normalized spacial score (nSPS) is 21.6. The minimum Gasteiger partial charge on any atom is -0.487 e. The van der Waals surface area contributed by atoms with Gasteiger partial charge in [-0.15, -0.1) is 0 Å². The van der Waals surface area contributed by atoms with Gasteiger partial charge in [-0.2, -0.15) is 0 Å². The highest BCUT2D eigenvalue weighted by Crippen LogP contribution is 2.38. The van der Waals surface area contributed by atoms with Gasteiger partial charge in [-0.1, -0.05) is 29.8 Å². The van der Waals surface area contributed by atoms with Crippen LogP contribution < -0.4 is 4.74 Å². The third-order valence-electron chi connectivity index (χ3n) is 5.18. The number of rotatable bonds is 4. The Morgan fingerprint density at radius 3 is 2.74 bits per heavy atom. The van der Waals surface area contributed by atoms with Gasteiger partial charge in [0.05, 0.1) is 17.5 Å². The molecule has 27 heavy (non-hydrogen) atoms. The molecule has 0 aromatic heterocycles. The Kier molecular flexibility index (Phi) is 4.60. The minimum atomic E-state index is -0.465. The Hall–Kier alpha value is -2.11. The number of hydrogen-bond acceptors (Lipinski definition) is 3. The number of carbonyl (C=O) groups excluding carboxylic acids is 1. The van der Waals surface area contributed by atoms with Crippen molar-refractivity contribution in [2.45, 2.75) is 37.9 Å². The summed E-state index contributed by atoms with van der Waals surface area (Å²) < 4.78 is 19.9. The molecule has 1 saturated heterocycles. The van der Waals surface area contributed by atoms with Crippen molar-refractivity contribution < 1.29 is 19.0 Å². The molecule has 4 rings (SSSR count). The SMILES string of the molecule is CC1(Cc2ccc(Cl)c(F)c2)Cc2cc(CC(=O)N3CC(O)C3)ccc2O1. The first kappa shape index (κ1) is 18.3. The number of likely N-dealkylation sites (tertiary alicyclic amines) is 1. The summed E-state index contributed by atoms with van der Waals surface area (Å²) in [5, 5.41) is 9.44. The van der Waals surface area contributed by atoms with Crippen LogP contribution in [0.25, 0.3) is 0 Å². The molecule has 0 aliphatic carbocycles. The second-order valence-electron chi connectivity index (χ2n) is 7.73. The van der Waals surface area contributed by atoms with Gasteiger partial charge in [0, 0.05) is 25.9 Å². The van der Waals surface area contributed by atoms with Gasteiger partial charge in [0.15, 0.2) is 0 Å². The molecule has 2 aliphatic heterocycles. The lowest BCUT2D eigenvalue weighted by Crippen LogP contribution is -2.53. The topological polar surface area (TPSA) is 49.8 Å². The molecule has 1 amide bonds. The Bertz CT molecular complexity index is 897. The van der Waals surface area contributed by atoms with Crippen LogP contribution >= 0.6 is 11.6 Å². The fraction of sp³-hybridized carbons (Fsp3) is 0.381. The van der Waals surface area contributed by atoms with Crippen LogP contribution in [0.3, 0.4) is 0 Å². The number of benzene rings is 2. The number of aliphatic hydroxyl groups excluding tert-OH is 1. The molecule has 6 heteroatoms. The monoisotopic (exact) mass is 389 g/mol. The maximum Gasteiger partial charge on any atom is 0.227 e. The molecule has 0 bridgehead atoms. The van der Waals surface area contributed by atoms with Crippen LogP contribution in [0.15, 0.2) is 36.4 Å². The molecular formula is C21H21ClFNO3. The average molecular weight is 390 g/mol. The Labute approximate surface area is 162 Å². The lowest BCUT2D eigenvalue weighted by molar-refractivity contribution is -0.140. The number of fused-ring (bicyclic) bond motifs is 1. The molecule has 142 valence electrons. The summed E-state index contributed by atoms with van der Waals surface area (Å²) in [5.41, 5.74) is 2.36. The smallest absolute Gasteiger partial charge is 0.227 e. The van der Waals surface area contributed by atoms with Crippen molar-refractivity contribution in [1.82, 2.24) is 4.90 Å². The quantitative estimate of drug-likeness (QED) is 0.873. The number of hydrogen-bond donors (Lipinski definition) is 1. The van der Waals surface area contributed by atoms with Crippen LogP contribution in [-0.2, 0) is 24.1 Å². The van der Waals surface area contributed by atoms with E-state index in [0.29, 0.717) is 32.4 Å². The molecule has 2 aromatic carbocycles. The predicted octanol–water partition coefficient (Wildman–Crippen LogP) is 3.16. The molecule has 1 fully saturated rings. The van der Waals surface area contributed by atoms with E-state index in [1.807, 2.05) is 31.2 Å². The van der Waals surface area contributed by atoms with Gasteiger partial charge < -0.3 is 14.7 Å². The van der Waals surface area contributed by atoms with E-state index in [1.165, 1.54) is 6.07 Å². The standard InChI is InChI=1S/C21H21ClFNO3/c1-21(9-14-2-4-17(22)18(23)7-14)10-15-6-13(3-5-19(15)27-21)8-20(26)24-11-16(25)12-24/h2-7,16,25H,8-12H2,1H3. The lowest BCUT2D eigenvalue weighted by Gasteiger charge is -2.35. The summed E-state index contributed by atoms with van der Waals surface area (Å²) in [6, 6.07) is 10.6. The summed E-state index contributed by atoms with van der Waals surface area (Å²) in [6.07, 6.45) is 1.19. The molecule has 2 aliphatic rings. The highest BCUT2D eigenvalue weighted by molar-refractivity contribution is 6.30. The first-order valence-electron chi connectivity index (χ1n) is 9.02. The fourth-order valence-corrected chi connectivity index (χ4v) is 3.93. The van der Waals surface area contributed by atoms with Crippen molar-refractivity contribution in [1.29, 1.82) is 0 Å². The van der Waals surface area contributed by atoms with E-state index in [9.17, 15) is 14.3 Å². The summed E-state index contributed by atoms with van der Waals surface area (Å²) in [6.45, 7) is 2.84. The maximum absolute atomic E-state index is 13.7. The predicted molar refractivity (Wildman–Crippen MR) is 101 cm³/mol. The van der Waals surface area contributed by atoms with Gasteiger partial charge in [0.1, 0.15) is 17.2 Å². The van der Waals surface area contributed by atoms with Gasteiger partial charge in [-0.3, -0.25) is 4.79 Å². The summed E-state index contributed by atoms with van der Waals surface area (Å²) in [4.78, 5) is 13.9. The van der Waals surface area contributed by atoms with E-state index in [1.54, 1.807) is 11.0 Å². The zero-order valence-corrected chi connectivity index (χ0v) is 15.8. The number of amides is 1. The van der Waals surface area contributed by atoms with Crippen molar-refractivity contribution in [3.63, 3.8) is 0 Å². The van der Waals surface area contributed by atoms with Gasteiger partial charge in [0.25, 0.3) is 0 Å². The second kappa shape index (κ2) is 6.80. The first-order valence-corrected chi connectivity index (χ1v) is 9.40. The summed E-state index contributed by atoms with van der Waals surface area (Å²) in [5.74, 6) is 0.409. The molecule has 0 spiro atoms. The zero-order valence-electron chi connectivity index (χ0n) is 15.0. The zero-order chi connectivity index (χ0) is 19.2. The molecular weight excluding hydrogens is 369 g/mol. The Morgan fingerprint density at radius 2 is 2.04 bits per heavy atom.